The van der Waals surface area contributed by atoms with E-state index in [2.05, 4.69) is 16.5 Å². The van der Waals surface area contributed by atoms with Crippen LogP contribution in [0, 0.1) is 0 Å². The molecule has 0 amide bonds. The number of hydrogen-bond acceptors (Lipinski definition) is 3. The minimum absolute atomic E-state index is 0.00118. The molecule has 82 valence electrons. The van der Waals surface area contributed by atoms with Gasteiger partial charge < -0.3 is 10.6 Å². The van der Waals surface area contributed by atoms with Crippen molar-refractivity contribution in [2.75, 3.05) is 18.5 Å². The molecule has 3 heteroatoms. The summed E-state index contributed by atoms with van der Waals surface area (Å²) in [7, 11) is 2.00. The van der Waals surface area contributed by atoms with Crippen LogP contribution in [0.1, 0.15) is 25.5 Å². The number of pyridine rings is 1. The molecule has 1 aromatic rings. The molecule has 1 aromatic heterocycles. The molecule has 0 aromatic carbocycles. The SMILES string of the molecule is C=C(C)CN(C)c1ncccc1C(C)N. The van der Waals surface area contributed by atoms with Gasteiger partial charge in [0.2, 0.25) is 0 Å². The van der Waals surface area contributed by atoms with Crippen molar-refractivity contribution >= 4 is 5.82 Å². The lowest BCUT2D eigenvalue weighted by molar-refractivity contribution is 0.797. The van der Waals surface area contributed by atoms with Crippen LogP contribution in [0.3, 0.4) is 0 Å². The highest BCUT2D eigenvalue weighted by Gasteiger charge is 2.11. The van der Waals surface area contributed by atoms with Crippen molar-refractivity contribution in [2.24, 2.45) is 5.73 Å². The predicted octanol–water partition coefficient (Wildman–Crippen LogP) is 2.11. The minimum Gasteiger partial charge on any atom is -0.355 e. The van der Waals surface area contributed by atoms with E-state index in [4.69, 9.17) is 5.73 Å². The summed E-state index contributed by atoms with van der Waals surface area (Å²) in [4.78, 5) is 6.43. The molecule has 1 heterocycles. The molecule has 15 heavy (non-hydrogen) atoms. The molecular formula is C12H19N3. The normalized spacial score (nSPS) is 12.3. The van der Waals surface area contributed by atoms with Gasteiger partial charge in [-0.1, -0.05) is 18.2 Å². The maximum Gasteiger partial charge on any atom is 0.133 e. The largest absolute Gasteiger partial charge is 0.355 e. The molecule has 0 saturated heterocycles. The highest BCUT2D eigenvalue weighted by atomic mass is 15.2. The molecule has 0 aliphatic rings. The maximum absolute atomic E-state index is 5.89. The molecule has 3 nitrogen and oxygen atoms in total. The van der Waals surface area contributed by atoms with E-state index in [0.29, 0.717) is 0 Å². The third kappa shape index (κ3) is 3.06. The van der Waals surface area contributed by atoms with Crippen LogP contribution in [0.25, 0.3) is 0 Å². The summed E-state index contributed by atoms with van der Waals surface area (Å²) in [5, 5.41) is 0. The molecule has 1 atom stereocenters. The van der Waals surface area contributed by atoms with Crippen molar-refractivity contribution in [2.45, 2.75) is 19.9 Å². The van der Waals surface area contributed by atoms with Gasteiger partial charge in [-0.15, -0.1) is 0 Å². The van der Waals surface area contributed by atoms with Crippen LogP contribution in [-0.4, -0.2) is 18.6 Å². The van der Waals surface area contributed by atoms with Gasteiger partial charge in [-0.25, -0.2) is 4.98 Å². The Labute approximate surface area is 91.6 Å². The molecule has 0 aliphatic carbocycles. The van der Waals surface area contributed by atoms with Gasteiger partial charge in [0, 0.05) is 31.4 Å². The first-order valence-electron chi connectivity index (χ1n) is 5.08. The van der Waals surface area contributed by atoms with Gasteiger partial charge in [-0.3, -0.25) is 0 Å². The van der Waals surface area contributed by atoms with E-state index in [-0.39, 0.29) is 6.04 Å². The van der Waals surface area contributed by atoms with E-state index in [1.54, 1.807) is 6.20 Å². The summed E-state index contributed by atoms with van der Waals surface area (Å²) in [6, 6.07) is 3.93. The van der Waals surface area contributed by atoms with E-state index in [0.717, 1.165) is 23.5 Å². The smallest absolute Gasteiger partial charge is 0.133 e. The Hall–Kier alpha value is -1.35. The van der Waals surface area contributed by atoms with Gasteiger partial charge >= 0.3 is 0 Å². The van der Waals surface area contributed by atoms with Crippen molar-refractivity contribution in [3.8, 4) is 0 Å². The van der Waals surface area contributed by atoms with Crippen LogP contribution in [0.4, 0.5) is 5.82 Å². The molecule has 1 rings (SSSR count). The zero-order valence-corrected chi connectivity index (χ0v) is 9.70. The fourth-order valence-corrected chi connectivity index (χ4v) is 1.56. The van der Waals surface area contributed by atoms with Crippen LogP contribution in [0.5, 0.6) is 0 Å². The molecular weight excluding hydrogens is 186 g/mol. The summed E-state index contributed by atoms with van der Waals surface area (Å²) in [6.07, 6.45) is 1.79. The molecule has 0 saturated carbocycles. The van der Waals surface area contributed by atoms with Crippen molar-refractivity contribution < 1.29 is 0 Å². The lowest BCUT2D eigenvalue weighted by atomic mass is 10.1. The second-order valence-electron chi connectivity index (χ2n) is 4.02. The monoisotopic (exact) mass is 205 g/mol. The molecule has 0 bridgehead atoms. The number of nitrogens with zero attached hydrogens (tertiary/aromatic N) is 2. The van der Waals surface area contributed by atoms with Gasteiger partial charge in [0.25, 0.3) is 0 Å². The van der Waals surface area contributed by atoms with Gasteiger partial charge in [0.15, 0.2) is 0 Å². The lowest BCUT2D eigenvalue weighted by Gasteiger charge is -2.22. The van der Waals surface area contributed by atoms with Crippen molar-refractivity contribution in [3.05, 3.63) is 36.0 Å². The molecule has 1 unspecified atom stereocenters. The van der Waals surface area contributed by atoms with Crippen LogP contribution >= 0.6 is 0 Å². The van der Waals surface area contributed by atoms with E-state index in [1.807, 2.05) is 33.0 Å². The van der Waals surface area contributed by atoms with E-state index >= 15 is 0 Å². The summed E-state index contributed by atoms with van der Waals surface area (Å²) < 4.78 is 0. The Morgan fingerprint density at radius 2 is 2.33 bits per heavy atom. The average molecular weight is 205 g/mol. The maximum atomic E-state index is 5.89. The lowest BCUT2D eigenvalue weighted by Crippen LogP contribution is -2.23. The van der Waals surface area contributed by atoms with Gasteiger partial charge in [-0.2, -0.15) is 0 Å². The molecule has 0 fully saturated rings. The molecule has 2 N–H and O–H groups in total. The second kappa shape index (κ2) is 4.94. The Balaban J connectivity index is 2.97. The summed E-state index contributed by atoms with van der Waals surface area (Å²) >= 11 is 0. The Morgan fingerprint density at radius 1 is 1.67 bits per heavy atom. The average Bonchev–Trinajstić information content (AvgIpc) is 2.16. The number of aromatic nitrogens is 1. The van der Waals surface area contributed by atoms with Crippen molar-refractivity contribution in [1.29, 1.82) is 0 Å². The Morgan fingerprint density at radius 3 is 2.87 bits per heavy atom. The first kappa shape index (κ1) is 11.7. The fourth-order valence-electron chi connectivity index (χ4n) is 1.56. The van der Waals surface area contributed by atoms with Crippen LogP contribution in [0.15, 0.2) is 30.5 Å². The van der Waals surface area contributed by atoms with Gasteiger partial charge in [-0.05, 0) is 19.9 Å². The first-order chi connectivity index (χ1) is 7.02. The highest BCUT2D eigenvalue weighted by molar-refractivity contribution is 5.48. The Bertz CT molecular complexity index is 344. The quantitative estimate of drug-likeness (QED) is 0.765. The summed E-state index contributed by atoms with van der Waals surface area (Å²) in [5.41, 5.74) is 8.07. The number of rotatable bonds is 4. The predicted molar refractivity (Wildman–Crippen MR) is 64.9 cm³/mol. The highest BCUT2D eigenvalue weighted by Crippen LogP contribution is 2.21. The zero-order chi connectivity index (χ0) is 11.4. The fraction of sp³-hybridized carbons (Fsp3) is 0.417. The van der Waals surface area contributed by atoms with Crippen LogP contribution in [0.2, 0.25) is 0 Å². The van der Waals surface area contributed by atoms with E-state index in [9.17, 15) is 0 Å². The third-order valence-corrected chi connectivity index (χ3v) is 2.18. The Kier molecular flexibility index (Phi) is 3.86. The number of likely N-dealkylation sites (N-methyl/N-ethyl adjacent to an activating group) is 1. The summed E-state index contributed by atoms with van der Waals surface area (Å²) in [5.74, 6) is 0.940. The summed E-state index contributed by atoms with van der Waals surface area (Å²) in [6.45, 7) is 8.67. The topological polar surface area (TPSA) is 42.2 Å². The molecule has 0 spiro atoms. The standard InChI is InChI=1S/C12H19N3/c1-9(2)8-15(4)12-11(10(3)13)6-5-7-14-12/h5-7,10H,1,8,13H2,2-4H3. The molecule has 0 radical (unpaired) electrons. The van der Waals surface area contributed by atoms with Crippen LogP contribution < -0.4 is 10.6 Å². The first-order valence-corrected chi connectivity index (χ1v) is 5.08. The zero-order valence-electron chi connectivity index (χ0n) is 9.70. The number of hydrogen-bond donors (Lipinski definition) is 1. The van der Waals surface area contributed by atoms with E-state index < -0.39 is 0 Å². The number of anilines is 1. The van der Waals surface area contributed by atoms with E-state index in [1.165, 1.54) is 0 Å². The minimum atomic E-state index is 0.00118. The van der Waals surface area contributed by atoms with Crippen molar-refractivity contribution in [3.63, 3.8) is 0 Å². The van der Waals surface area contributed by atoms with Gasteiger partial charge in [0.05, 0.1) is 0 Å². The third-order valence-electron chi connectivity index (χ3n) is 2.18. The van der Waals surface area contributed by atoms with Crippen LogP contribution in [-0.2, 0) is 0 Å². The van der Waals surface area contributed by atoms with Crippen molar-refractivity contribution in [1.82, 2.24) is 4.98 Å². The number of nitrogens with two attached hydrogens (primary N) is 1. The van der Waals surface area contributed by atoms with Gasteiger partial charge in [0.1, 0.15) is 5.82 Å². The second-order valence-corrected chi connectivity index (χ2v) is 4.02. The molecule has 0 aliphatic heterocycles.